The molecular formula is C37H24O. The number of benzene rings is 7. The van der Waals surface area contributed by atoms with Crippen molar-refractivity contribution in [3.63, 3.8) is 0 Å². The monoisotopic (exact) mass is 485 g/mol. The van der Waals surface area contributed by atoms with Crippen molar-refractivity contribution in [3.8, 4) is 22.3 Å². The molecule has 1 heteroatoms. The zero-order valence-electron chi connectivity index (χ0n) is 22.0. The highest BCUT2D eigenvalue weighted by atomic mass is 16.3. The fourth-order valence-electron chi connectivity index (χ4n) is 6.21. The lowest BCUT2D eigenvalue weighted by atomic mass is 9.84. The van der Waals surface area contributed by atoms with E-state index >= 15 is 0 Å². The van der Waals surface area contributed by atoms with Gasteiger partial charge in [0, 0.05) is 10.8 Å². The molecule has 0 aliphatic carbocycles. The highest BCUT2D eigenvalue weighted by molar-refractivity contribution is 6.25. The standard InChI is InChI=1S/C37H24O/c1-23-10-8-18-32-36-31(17-9-19-33(36)38-37(23)32)35-29-15-6-4-13-27(29)34(28-14-5-7-16-30(28)35)26-21-20-24-11-2-3-12-25(24)22-26/h2-22H,1H3/i2D. The number of furan rings is 1. The van der Waals surface area contributed by atoms with Gasteiger partial charge in [-0.15, -0.1) is 0 Å². The number of hydrogen-bond acceptors (Lipinski definition) is 1. The average Bonchev–Trinajstić information content (AvgIpc) is 3.36. The summed E-state index contributed by atoms with van der Waals surface area (Å²) in [5, 5.41) is 9.45. The first-order valence-electron chi connectivity index (χ1n) is 13.5. The van der Waals surface area contributed by atoms with Gasteiger partial charge in [0.25, 0.3) is 0 Å². The van der Waals surface area contributed by atoms with Crippen LogP contribution in [0.1, 0.15) is 6.93 Å². The zero-order chi connectivity index (χ0) is 26.1. The summed E-state index contributed by atoms with van der Waals surface area (Å²) in [6.45, 7) is 2.11. The van der Waals surface area contributed by atoms with Crippen LogP contribution in [-0.2, 0) is 0 Å². The SMILES string of the molecule is [2H]c1ccc2cc(-c3c4ccccc4c(-c4cccc5oc6c(C)cccc6c45)c4ccccc34)ccc2c1. The van der Waals surface area contributed by atoms with Crippen molar-refractivity contribution in [1.82, 2.24) is 0 Å². The molecule has 0 spiro atoms. The minimum atomic E-state index is 0.534. The van der Waals surface area contributed by atoms with Gasteiger partial charge < -0.3 is 4.42 Å². The van der Waals surface area contributed by atoms with E-state index in [1.807, 2.05) is 18.2 Å². The summed E-state index contributed by atoms with van der Waals surface area (Å²) < 4.78 is 14.4. The van der Waals surface area contributed by atoms with Gasteiger partial charge in [-0.3, -0.25) is 0 Å². The minimum absolute atomic E-state index is 0.534. The molecule has 0 unspecified atom stereocenters. The molecule has 0 amide bonds. The van der Waals surface area contributed by atoms with E-state index in [1.54, 1.807) is 0 Å². The third kappa shape index (κ3) is 2.99. The Labute approximate surface area is 222 Å². The van der Waals surface area contributed by atoms with Crippen LogP contribution in [0.4, 0.5) is 0 Å². The lowest BCUT2D eigenvalue weighted by Crippen LogP contribution is -1.91. The number of rotatable bonds is 2. The molecule has 0 radical (unpaired) electrons. The lowest BCUT2D eigenvalue weighted by Gasteiger charge is -2.18. The van der Waals surface area contributed by atoms with Crippen molar-refractivity contribution in [2.75, 3.05) is 0 Å². The molecule has 0 fully saturated rings. The Morgan fingerprint density at radius 2 is 1.24 bits per heavy atom. The normalized spacial score (nSPS) is 12.2. The maximum atomic E-state index is 8.02. The zero-order valence-corrected chi connectivity index (χ0v) is 21.0. The maximum absolute atomic E-state index is 8.02. The molecule has 0 aliphatic rings. The predicted molar refractivity (Wildman–Crippen MR) is 162 cm³/mol. The molecule has 0 aliphatic heterocycles. The molecule has 0 N–H and O–H groups in total. The predicted octanol–water partition coefficient (Wildman–Crippen LogP) is 10.7. The van der Waals surface area contributed by atoms with E-state index < -0.39 is 0 Å². The van der Waals surface area contributed by atoms with E-state index in [2.05, 4.69) is 110 Å². The van der Waals surface area contributed by atoms with E-state index in [1.165, 1.54) is 43.8 Å². The van der Waals surface area contributed by atoms with Crippen molar-refractivity contribution in [2.45, 2.75) is 6.92 Å². The van der Waals surface area contributed by atoms with Crippen molar-refractivity contribution >= 4 is 54.3 Å². The van der Waals surface area contributed by atoms with Crippen molar-refractivity contribution < 1.29 is 5.79 Å². The highest BCUT2D eigenvalue weighted by Gasteiger charge is 2.20. The van der Waals surface area contributed by atoms with Crippen LogP contribution in [0, 0.1) is 6.92 Å². The van der Waals surface area contributed by atoms with Gasteiger partial charge in [0.2, 0.25) is 0 Å². The second-order valence-electron chi connectivity index (χ2n) is 10.1. The Balaban J connectivity index is 1.53. The minimum Gasteiger partial charge on any atom is -0.456 e. The fourth-order valence-corrected chi connectivity index (χ4v) is 6.21. The number of fused-ring (bicyclic) bond motifs is 6. The largest absolute Gasteiger partial charge is 0.456 e. The van der Waals surface area contributed by atoms with E-state index in [-0.39, 0.29) is 0 Å². The summed E-state index contributed by atoms with van der Waals surface area (Å²) in [5.41, 5.74) is 7.86. The molecule has 1 nitrogen and oxygen atoms in total. The molecule has 0 atom stereocenters. The third-order valence-electron chi connectivity index (χ3n) is 7.89. The van der Waals surface area contributed by atoms with Crippen LogP contribution < -0.4 is 0 Å². The topological polar surface area (TPSA) is 13.1 Å². The summed E-state index contributed by atoms with van der Waals surface area (Å²) in [6.07, 6.45) is 0. The van der Waals surface area contributed by atoms with Crippen molar-refractivity contribution in [1.29, 1.82) is 0 Å². The molecular weight excluding hydrogens is 460 g/mol. The smallest absolute Gasteiger partial charge is 0.138 e. The summed E-state index contributed by atoms with van der Waals surface area (Å²) in [5.74, 6) is 0. The van der Waals surface area contributed by atoms with Crippen molar-refractivity contribution in [3.05, 3.63) is 133 Å². The van der Waals surface area contributed by atoms with E-state index in [0.29, 0.717) is 6.04 Å². The number of hydrogen-bond donors (Lipinski definition) is 0. The molecule has 178 valence electrons. The molecule has 8 aromatic rings. The molecule has 38 heavy (non-hydrogen) atoms. The molecule has 0 bridgehead atoms. The Bertz CT molecular complexity index is 2200. The van der Waals surface area contributed by atoms with E-state index in [4.69, 9.17) is 5.79 Å². The number of para-hydroxylation sites is 1. The van der Waals surface area contributed by atoms with Crippen LogP contribution in [0.25, 0.3) is 76.5 Å². The summed E-state index contributed by atoms with van der Waals surface area (Å²) in [4.78, 5) is 0. The maximum Gasteiger partial charge on any atom is 0.138 e. The van der Waals surface area contributed by atoms with Gasteiger partial charge in [-0.05, 0) is 79.2 Å². The molecule has 0 saturated carbocycles. The van der Waals surface area contributed by atoms with Crippen molar-refractivity contribution in [2.24, 2.45) is 0 Å². The first-order valence-corrected chi connectivity index (χ1v) is 13.0. The second kappa shape index (κ2) is 8.06. The van der Waals surface area contributed by atoms with Gasteiger partial charge in [-0.1, -0.05) is 115 Å². The van der Waals surface area contributed by atoms with E-state index in [9.17, 15) is 0 Å². The second-order valence-corrected chi connectivity index (χ2v) is 10.1. The number of aryl methyl sites for hydroxylation is 1. The van der Waals surface area contributed by atoms with Crippen LogP contribution in [0.5, 0.6) is 0 Å². The van der Waals surface area contributed by atoms with Crippen LogP contribution in [0.2, 0.25) is 0 Å². The van der Waals surface area contributed by atoms with Gasteiger partial charge in [0.1, 0.15) is 11.2 Å². The first-order chi connectivity index (χ1) is 19.2. The summed E-state index contributed by atoms with van der Waals surface area (Å²) in [7, 11) is 0. The van der Waals surface area contributed by atoms with Gasteiger partial charge in [0.05, 0.1) is 1.37 Å². The highest BCUT2D eigenvalue weighted by Crippen LogP contribution is 2.47. The van der Waals surface area contributed by atoms with Gasteiger partial charge in [-0.2, -0.15) is 0 Å². The summed E-state index contributed by atoms with van der Waals surface area (Å²) >= 11 is 0. The quantitative estimate of drug-likeness (QED) is 0.222. The lowest BCUT2D eigenvalue weighted by molar-refractivity contribution is 0.666. The first kappa shape index (κ1) is 20.2. The van der Waals surface area contributed by atoms with Gasteiger partial charge in [0.15, 0.2) is 0 Å². The molecule has 1 heterocycles. The molecule has 0 saturated heterocycles. The summed E-state index contributed by atoms with van der Waals surface area (Å²) in [6, 6.07) is 43.3. The van der Waals surface area contributed by atoms with Gasteiger partial charge in [-0.25, -0.2) is 0 Å². The van der Waals surface area contributed by atoms with Crippen LogP contribution in [0.3, 0.4) is 0 Å². The fraction of sp³-hybridized carbons (Fsp3) is 0.0270. The van der Waals surface area contributed by atoms with Gasteiger partial charge >= 0.3 is 0 Å². The van der Waals surface area contributed by atoms with Crippen LogP contribution >= 0.6 is 0 Å². The Morgan fingerprint density at radius 3 is 2.00 bits per heavy atom. The molecule has 8 rings (SSSR count). The Hall–Kier alpha value is -4.88. The van der Waals surface area contributed by atoms with E-state index in [0.717, 1.165) is 38.3 Å². The third-order valence-corrected chi connectivity index (χ3v) is 7.89. The van der Waals surface area contributed by atoms with Crippen LogP contribution in [-0.4, -0.2) is 0 Å². The average molecular weight is 486 g/mol. The Kier molecular flexibility index (Phi) is 4.29. The Morgan fingerprint density at radius 1 is 0.553 bits per heavy atom. The molecule has 7 aromatic carbocycles. The van der Waals surface area contributed by atoms with Crippen LogP contribution in [0.15, 0.2) is 132 Å². The molecule has 1 aromatic heterocycles.